The summed E-state index contributed by atoms with van der Waals surface area (Å²) >= 11 is 0. The molecule has 0 unspecified atom stereocenters. The van der Waals surface area contributed by atoms with E-state index in [1.165, 1.54) is 25.7 Å². The highest BCUT2D eigenvalue weighted by molar-refractivity contribution is 5.80. The maximum atomic E-state index is 12.0. The highest BCUT2D eigenvalue weighted by atomic mass is 16.6. The van der Waals surface area contributed by atoms with E-state index in [1.54, 1.807) is 6.26 Å². The van der Waals surface area contributed by atoms with Crippen molar-refractivity contribution in [2.75, 3.05) is 6.54 Å². The van der Waals surface area contributed by atoms with Gasteiger partial charge in [0.1, 0.15) is 11.4 Å². The summed E-state index contributed by atoms with van der Waals surface area (Å²) in [5.74, 6) is 1.88. The van der Waals surface area contributed by atoms with Crippen molar-refractivity contribution in [3.8, 4) is 0 Å². The molecule has 7 nitrogen and oxygen atoms in total. The van der Waals surface area contributed by atoms with Gasteiger partial charge in [-0.2, -0.15) is 0 Å². The molecule has 0 saturated heterocycles. The summed E-state index contributed by atoms with van der Waals surface area (Å²) in [5.41, 5.74) is -0.463. The van der Waals surface area contributed by atoms with Crippen LogP contribution in [0.1, 0.15) is 77.9 Å². The summed E-state index contributed by atoms with van der Waals surface area (Å²) in [6.45, 7) is 6.36. The van der Waals surface area contributed by atoms with Gasteiger partial charge in [0.05, 0.1) is 6.26 Å². The van der Waals surface area contributed by atoms with Crippen LogP contribution in [0.3, 0.4) is 0 Å². The Balaban J connectivity index is 1.46. The molecule has 0 aromatic carbocycles. The number of amides is 1. The molecule has 7 heteroatoms. The number of alkyl carbamates (subject to hydrolysis) is 1. The summed E-state index contributed by atoms with van der Waals surface area (Å²) in [6.07, 6.45) is 11.1. The third kappa shape index (κ3) is 7.92. The van der Waals surface area contributed by atoms with E-state index in [0.717, 1.165) is 43.8 Å². The molecule has 1 amide bonds. The number of hydrogen-bond acceptors (Lipinski definition) is 4. The van der Waals surface area contributed by atoms with Crippen LogP contribution in [0.5, 0.6) is 0 Å². The number of guanidine groups is 1. The standard InChI is InChI=1S/C23H38N4O3/c1-23(2,3)30-22(28)27-19-12-10-18(11-13-19)26-21(25-17-7-4-5-8-17)24-15-14-20-9-6-16-29-20/h6,9,16-19H,4-5,7-8,10-15H2,1-3H3,(H,27,28)(H2,24,25,26). The van der Waals surface area contributed by atoms with Gasteiger partial charge in [0.2, 0.25) is 0 Å². The molecule has 2 saturated carbocycles. The minimum Gasteiger partial charge on any atom is -0.469 e. The maximum Gasteiger partial charge on any atom is 0.407 e. The zero-order valence-electron chi connectivity index (χ0n) is 18.7. The molecule has 2 aliphatic rings. The summed E-state index contributed by atoms with van der Waals surface area (Å²) in [5, 5.41) is 10.3. The van der Waals surface area contributed by atoms with E-state index < -0.39 is 5.60 Å². The van der Waals surface area contributed by atoms with Gasteiger partial charge in [0.25, 0.3) is 0 Å². The van der Waals surface area contributed by atoms with Crippen molar-refractivity contribution in [3.63, 3.8) is 0 Å². The number of carbonyl (C=O) groups is 1. The average Bonchev–Trinajstić information content (AvgIpc) is 3.36. The van der Waals surface area contributed by atoms with Crippen molar-refractivity contribution in [1.82, 2.24) is 16.0 Å². The first kappa shape index (κ1) is 22.5. The second-order valence-electron chi connectivity index (χ2n) is 9.52. The van der Waals surface area contributed by atoms with Crippen molar-refractivity contribution in [2.24, 2.45) is 4.99 Å². The van der Waals surface area contributed by atoms with E-state index in [0.29, 0.717) is 18.6 Å². The second-order valence-corrected chi connectivity index (χ2v) is 9.52. The van der Waals surface area contributed by atoms with E-state index in [4.69, 9.17) is 14.1 Å². The first-order chi connectivity index (χ1) is 14.4. The summed E-state index contributed by atoms with van der Waals surface area (Å²) < 4.78 is 10.8. The Morgan fingerprint density at radius 3 is 2.20 bits per heavy atom. The number of nitrogens with zero attached hydrogens (tertiary/aromatic N) is 1. The van der Waals surface area contributed by atoms with Crippen LogP contribution in [0.4, 0.5) is 4.79 Å². The summed E-state index contributed by atoms with van der Waals surface area (Å²) in [7, 11) is 0. The molecule has 0 bridgehead atoms. The van der Waals surface area contributed by atoms with Gasteiger partial charge in [0, 0.05) is 31.1 Å². The van der Waals surface area contributed by atoms with Crippen LogP contribution in [0.2, 0.25) is 0 Å². The number of carbonyl (C=O) groups excluding carboxylic acids is 1. The molecule has 168 valence electrons. The molecule has 0 spiro atoms. The molecule has 0 radical (unpaired) electrons. The highest BCUT2D eigenvalue weighted by Gasteiger charge is 2.26. The fraction of sp³-hybridized carbons (Fsp3) is 0.739. The van der Waals surface area contributed by atoms with Crippen molar-refractivity contribution in [3.05, 3.63) is 24.2 Å². The minimum atomic E-state index is -0.463. The monoisotopic (exact) mass is 418 g/mol. The van der Waals surface area contributed by atoms with Gasteiger partial charge in [-0.25, -0.2) is 4.79 Å². The van der Waals surface area contributed by atoms with Crippen LogP contribution in [0.25, 0.3) is 0 Å². The number of nitrogens with one attached hydrogen (secondary N) is 3. The number of hydrogen-bond donors (Lipinski definition) is 3. The van der Waals surface area contributed by atoms with Crippen molar-refractivity contribution >= 4 is 12.1 Å². The van der Waals surface area contributed by atoms with Gasteiger partial charge in [-0.05, 0) is 71.4 Å². The SMILES string of the molecule is CC(C)(C)OC(=O)NC1CCC(NC(=NCCc2ccco2)NC2CCCC2)CC1. The van der Waals surface area contributed by atoms with Gasteiger partial charge in [0.15, 0.2) is 5.96 Å². The molecule has 2 fully saturated rings. The Morgan fingerprint density at radius 1 is 1.03 bits per heavy atom. The summed E-state index contributed by atoms with van der Waals surface area (Å²) in [4.78, 5) is 16.8. The molecular weight excluding hydrogens is 380 g/mol. The van der Waals surface area contributed by atoms with Gasteiger partial charge in [-0.3, -0.25) is 4.99 Å². The topological polar surface area (TPSA) is 87.9 Å². The van der Waals surface area contributed by atoms with E-state index in [1.807, 2.05) is 32.9 Å². The Labute approximate surface area is 180 Å². The largest absolute Gasteiger partial charge is 0.469 e. The predicted octanol–water partition coefficient (Wildman–Crippen LogP) is 4.14. The van der Waals surface area contributed by atoms with Crippen LogP contribution in [-0.4, -0.2) is 42.3 Å². The lowest BCUT2D eigenvalue weighted by Gasteiger charge is -2.32. The Morgan fingerprint density at radius 2 is 1.63 bits per heavy atom. The molecule has 1 aromatic rings. The number of rotatable bonds is 6. The molecular formula is C23H38N4O3. The van der Waals surface area contributed by atoms with Crippen LogP contribution in [0, 0.1) is 0 Å². The lowest BCUT2D eigenvalue weighted by molar-refractivity contribution is 0.0490. The number of aliphatic imine (C=N–C) groups is 1. The average molecular weight is 419 g/mol. The molecule has 0 aliphatic heterocycles. The fourth-order valence-corrected chi connectivity index (χ4v) is 4.18. The summed E-state index contributed by atoms with van der Waals surface area (Å²) in [6, 6.07) is 4.98. The number of ether oxygens (including phenoxy) is 1. The Kier molecular flexibility index (Phi) is 8.05. The third-order valence-electron chi connectivity index (χ3n) is 5.69. The second kappa shape index (κ2) is 10.7. The number of furan rings is 1. The van der Waals surface area contributed by atoms with Crippen molar-refractivity contribution < 1.29 is 13.9 Å². The minimum absolute atomic E-state index is 0.181. The van der Waals surface area contributed by atoms with Crippen molar-refractivity contribution in [1.29, 1.82) is 0 Å². The van der Waals surface area contributed by atoms with Gasteiger partial charge in [-0.15, -0.1) is 0 Å². The molecule has 1 heterocycles. The third-order valence-corrected chi connectivity index (χ3v) is 5.69. The maximum absolute atomic E-state index is 12.0. The molecule has 1 aromatic heterocycles. The van der Waals surface area contributed by atoms with E-state index in [9.17, 15) is 4.79 Å². The van der Waals surface area contributed by atoms with Gasteiger partial charge < -0.3 is 25.1 Å². The lowest BCUT2D eigenvalue weighted by atomic mass is 9.91. The van der Waals surface area contributed by atoms with E-state index >= 15 is 0 Å². The zero-order valence-corrected chi connectivity index (χ0v) is 18.7. The Bertz CT molecular complexity index is 667. The van der Waals surface area contributed by atoms with Crippen LogP contribution < -0.4 is 16.0 Å². The zero-order chi connectivity index (χ0) is 21.4. The van der Waals surface area contributed by atoms with E-state index in [2.05, 4.69) is 16.0 Å². The first-order valence-corrected chi connectivity index (χ1v) is 11.5. The van der Waals surface area contributed by atoms with Crippen LogP contribution in [0.15, 0.2) is 27.8 Å². The van der Waals surface area contributed by atoms with Gasteiger partial charge in [-0.1, -0.05) is 12.8 Å². The quantitative estimate of drug-likeness (QED) is 0.477. The van der Waals surface area contributed by atoms with Gasteiger partial charge >= 0.3 is 6.09 Å². The fourth-order valence-electron chi connectivity index (χ4n) is 4.18. The molecule has 2 aliphatic carbocycles. The van der Waals surface area contributed by atoms with Crippen molar-refractivity contribution in [2.45, 2.75) is 102 Å². The Hall–Kier alpha value is -2.18. The van der Waals surface area contributed by atoms with Crippen LogP contribution >= 0.6 is 0 Å². The first-order valence-electron chi connectivity index (χ1n) is 11.5. The molecule has 30 heavy (non-hydrogen) atoms. The molecule has 3 rings (SSSR count). The lowest BCUT2D eigenvalue weighted by Crippen LogP contribution is -2.50. The van der Waals surface area contributed by atoms with E-state index in [-0.39, 0.29) is 12.1 Å². The molecule has 0 atom stereocenters. The van der Waals surface area contributed by atoms with Crippen LogP contribution in [-0.2, 0) is 11.2 Å². The molecule has 3 N–H and O–H groups in total. The predicted molar refractivity (Wildman–Crippen MR) is 119 cm³/mol. The smallest absolute Gasteiger partial charge is 0.407 e. The highest BCUT2D eigenvalue weighted by Crippen LogP contribution is 2.20. The normalized spacial score (nSPS) is 23.2.